The maximum absolute atomic E-state index is 5.70. The first-order chi connectivity index (χ1) is 6.72. The number of nitrogens with two attached hydrogens (primary N) is 1. The van der Waals surface area contributed by atoms with Crippen molar-refractivity contribution in [2.24, 2.45) is 0 Å². The van der Waals surface area contributed by atoms with Crippen molar-refractivity contribution in [3.05, 3.63) is 24.3 Å². The average molecular weight is 211 g/mol. The summed E-state index contributed by atoms with van der Waals surface area (Å²) >= 11 is 1.84. The quantitative estimate of drug-likeness (QED) is 0.601. The van der Waals surface area contributed by atoms with E-state index in [-0.39, 0.29) is 0 Å². The standard InChI is InChI=1S/C11H17NOS/c1-9(6-7-13-2)14-11-5-3-4-10(12)8-11/h3-5,8-9H,6-7,12H2,1-2H3. The van der Waals surface area contributed by atoms with Crippen LogP contribution in [0.3, 0.4) is 0 Å². The van der Waals surface area contributed by atoms with Gasteiger partial charge in [-0.1, -0.05) is 13.0 Å². The van der Waals surface area contributed by atoms with Crippen molar-refractivity contribution >= 4 is 17.4 Å². The van der Waals surface area contributed by atoms with E-state index in [4.69, 9.17) is 10.5 Å². The first-order valence-electron chi connectivity index (χ1n) is 4.73. The van der Waals surface area contributed by atoms with E-state index in [0.29, 0.717) is 5.25 Å². The summed E-state index contributed by atoms with van der Waals surface area (Å²) in [6, 6.07) is 7.99. The highest BCUT2D eigenvalue weighted by Gasteiger charge is 2.03. The van der Waals surface area contributed by atoms with Crippen LogP contribution in [0.4, 0.5) is 5.69 Å². The lowest BCUT2D eigenvalue weighted by Crippen LogP contribution is -2.01. The van der Waals surface area contributed by atoms with Gasteiger partial charge >= 0.3 is 0 Å². The number of hydrogen-bond donors (Lipinski definition) is 1. The van der Waals surface area contributed by atoms with Crippen LogP contribution in [0.15, 0.2) is 29.2 Å². The third kappa shape index (κ3) is 4.03. The molecule has 78 valence electrons. The lowest BCUT2D eigenvalue weighted by Gasteiger charge is -2.10. The van der Waals surface area contributed by atoms with Gasteiger partial charge in [-0.05, 0) is 24.6 Å². The van der Waals surface area contributed by atoms with Gasteiger partial charge < -0.3 is 10.5 Å². The molecular formula is C11H17NOS. The van der Waals surface area contributed by atoms with Gasteiger partial charge in [0.15, 0.2) is 0 Å². The zero-order valence-electron chi connectivity index (χ0n) is 8.69. The van der Waals surface area contributed by atoms with Crippen molar-refractivity contribution in [2.45, 2.75) is 23.5 Å². The highest BCUT2D eigenvalue weighted by molar-refractivity contribution is 7.99. The molecule has 3 heteroatoms. The van der Waals surface area contributed by atoms with Gasteiger partial charge in [0, 0.05) is 29.5 Å². The summed E-state index contributed by atoms with van der Waals surface area (Å²) in [6.07, 6.45) is 1.07. The average Bonchev–Trinajstić information content (AvgIpc) is 2.15. The number of anilines is 1. The lowest BCUT2D eigenvalue weighted by atomic mass is 10.3. The Morgan fingerprint density at radius 3 is 2.93 bits per heavy atom. The minimum atomic E-state index is 0.566. The number of rotatable bonds is 5. The van der Waals surface area contributed by atoms with Crippen LogP contribution in [0.25, 0.3) is 0 Å². The monoisotopic (exact) mass is 211 g/mol. The molecule has 0 radical (unpaired) electrons. The molecule has 2 N–H and O–H groups in total. The predicted molar refractivity (Wildman–Crippen MR) is 62.7 cm³/mol. The highest BCUT2D eigenvalue weighted by Crippen LogP contribution is 2.26. The Hall–Kier alpha value is -0.670. The molecule has 0 fully saturated rings. The molecule has 14 heavy (non-hydrogen) atoms. The van der Waals surface area contributed by atoms with E-state index in [1.807, 2.05) is 30.0 Å². The number of hydrogen-bond acceptors (Lipinski definition) is 3. The summed E-state index contributed by atoms with van der Waals surface area (Å²) < 4.78 is 5.04. The highest BCUT2D eigenvalue weighted by atomic mass is 32.2. The maximum atomic E-state index is 5.70. The third-order valence-electron chi connectivity index (χ3n) is 1.92. The first kappa shape index (κ1) is 11.4. The van der Waals surface area contributed by atoms with E-state index in [1.54, 1.807) is 7.11 Å². The van der Waals surface area contributed by atoms with Crippen molar-refractivity contribution < 1.29 is 4.74 Å². The van der Waals surface area contributed by atoms with Crippen molar-refractivity contribution in [1.82, 2.24) is 0 Å². The Balaban J connectivity index is 2.43. The summed E-state index contributed by atoms with van der Waals surface area (Å²) in [5.41, 5.74) is 6.52. The van der Waals surface area contributed by atoms with Crippen molar-refractivity contribution in [2.75, 3.05) is 19.5 Å². The topological polar surface area (TPSA) is 35.2 Å². The molecule has 0 bridgehead atoms. The Morgan fingerprint density at radius 2 is 2.29 bits per heavy atom. The van der Waals surface area contributed by atoms with Crippen LogP contribution >= 0.6 is 11.8 Å². The predicted octanol–water partition coefficient (Wildman–Crippen LogP) is 2.79. The van der Waals surface area contributed by atoms with Crippen molar-refractivity contribution in [3.8, 4) is 0 Å². The normalized spacial score (nSPS) is 12.7. The van der Waals surface area contributed by atoms with Gasteiger partial charge in [0.2, 0.25) is 0 Å². The number of methoxy groups -OCH3 is 1. The molecule has 1 rings (SSSR count). The minimum Gasteiger partial charge on any atom is -0.399 e. The number of nitrogen functional groups attached to an aromatic ring is 1. The largest absolute Gasteiger partial charge is 0.399 e. The molecule has 1 unspecified atom stereocenters. The summed E-state index contributed by atoms with van der Waals surface area (Å²) in [4.78, 5) is 1.23. The molecule has 1 aromatic rings. The van der Waals surface area contributed by atoms with E-state index in [9.17, 15) is 0 Å². The summed E-state index contributed by atoms with van der Waals surface area (Å²) in [5.74, 6) is 0. The second kappa shape index (κ2) is 5.94. The van der Waals surface area contributed by atoms with Crippen LogP contribution in [0.1, 0.15) is 13.3 Å². The molecule has 0 spiro atoms. The van der Waals surface area contributed by atoms with Gasteiger partial charge in [0.25, 0.3) is 0 Å². The molecule has 0 aliphatic heterocycles. The minimum absolute atomic E-state index is 0.566. The van der Waals surface area contributed by atoms with Crippen LogP contribution in [0, 0.1) is 0 Å². The van der Waals surface area contributed by atoms with Gasteiger partial charge in [-0.2, -0.15) is 0 Å². The molecule has 1 aromatic carbocycles. The second-order valence-electron chi connectivity index (χ2n) is 3.28. The summed E-state index contributed by atoms with van der Waals surface area (Å²) in [5, 5.41) is 0.566. The van der Waals surface area contributed by atoms with Crippen LogP contribution in [-0.4, -0.2) is 19.0 Å². The van der Waals surface area contributed by atoms with Crippen LogP contribution in [-0.2, 0) is 4.74 Å². The maximum Gasteiger partial charge on any atom is 0.0472 e. The fourth-order valence-electron chi connectivity index (χ4n) is 1.16. The molecule has 0 aliphatic carbocycles. The van der Waals surface area contributed by atoms with Gasteiger partial charge in [0.05, 0.1) is 0 Å². The summed E-state index contributed by atoms with van der Waals surface area (Å²) in [6.45, 7) is 3.02. The number of ether oxygens (including phenoxy) is 1. The zero-order valence-corrected chi connectivity index (χ0v) is 9.51. The molecule has 0 amide bonds. The molecule has 0 saturated carbocycles. The van der Waals surface area contributed by atoms with Crippen LogP contribution < -0.4 is 5.73 Å². The molecule has 0 saturated heterocycles. The first-order valence-corrected chi connectivity index (χ1v) is 5.61. The van der Waals surface area contributed by atoms with Crippen molar-refractivity contribution in [3.63, 3.8) is 0 Å². The van der Waals surface area contributed by atoms with E-state index in [1.165, 1.54) is 4.90 Å². The molecule has 2 nitrogen and oxygen atoms in total. The number of benzene rings is 1. The fourth-order valence-corrected chi connectivity index (χ4v) is 2.20. The van der Waals surface area contributed by atoms with Gasteiger partial charge in [-0.3, -0.25) is 0 Å². The van der Waals surface area contributed by atoms with E-state index in [0.717, 1.165) is 18.7 Å². The molecule has 0 heterocycles. The third-order valence-corrected chi connectivity index (χ3v) is 3.09. The Morgan fingerprint density at radius 1 is 1.50 bits per heavy atom. The van der Waals surface area contributed by atoms with Crippen molar-refractivity contribution in [1.29, 1.82) is 0 Å². The smallest absolute Gasteiger partial charge is 0.0472 e. The Bertz CT molecular complexity index is 278. The van der Waals surface area contributed by atoms with Gasteiger partial charge in [-0.15, -0.1) is 11.8 Å². The van der Waals surface area contributed by atoms with Gasteiger partial charge in [-0.25, -0.2) is 0 Å². The second-order valence-corrected chi connectivity index (χ2v) is 4.79. The molecule has 0 aromatic heterocycles. The van der Waals surface area contributed by atoms with E-state index >= 15 is 0 Å². The summed E-state index contributed by atoms with van der Waals surface area (Å²) in [7, 11) is 1.73. The van der Waals surface area contributed by atoms with Crippen LogP contribution in [0.2, 0.25) is 0 Å². The number of thioether (sulfide) groups is 1. The zero-order chi connectivity index (χ0) is 10.4. The molecule has 1 atom stereocenters. The Kier molecular flexibility index (Phi) is 4.84. The van der Waals surface area contributed by atoms with E-state index in [2.05, 4.69) is 13.0 Å². The lowest BCUT2D eigenvalue weighted by molar-refractivity contribution is 0.195. The Labute approximate surface area is 89.8 Å². The SMILES string of the molecule is COCCC(C)Sc1cccc(N)c1. The van der Waals surface area contributed by atoms with Crippen LogP contribution in [0.5, 0.6) is 0 Å². The van der Waals surface area contributed by atoms with E-state index < -0.39 is 0 Å². The van der Waals surface area contributed by atoms with Gasteiger partial charge in [0.1, 0.15) is 0 Å². The molecule has 0 aliphatic rings. The molecular weight excluding hydrogens is 194 g/mol. The fraction of sp³-hybridized carbons (Fsp3) is 0.455.